The fourth-order valence-electron chi connectivity index (χ4n) is 1.98. The van der Waals surface area contributed by atoms with Crippen molar-refractivity contribution >= 4 is 46.6 Å². The highest BCUT2D eigenvalue weighted by Crippen LogP contribution is 2.27. The SMILES string of the molecule is C[C@H](Nc1ccccc1SCC(N)=O)C(=O)Nc1cccc(Cl)c1. The van der Waals surface area contributed by atoms with E-state index in [4.69, 9.17) is 17.3 Å². The second-order valence-electron chi connectivity index (χ2n) is 5.12. The van der Waals surface area contributed by atoms with Gasteiger partial charge in [-0.05, 0) is 37.3 Å². The zero-order valence-corrected chi connectivity index (χ0v) is 14.7. The van der Waals surface area contributed by atoms with Crippen molar-refractivity contribution in [3.63, 3.8) is 0 Å². The van der Waals surface area contributed by atoms with Gasteiger partial charge in [0.15, 0.2) is 0 Å². The Bertz CT molecular complexity index is 739. The van der Waals surface area contributed by atoms with Gasteiger partial charge in [-0.3, -0.25) is 9.59 Å². The molecule has 0 aromatic heterocycles. The fourth-order valence-corrected chi connectivity index (χ4v) is 2.92. The molecule has 2 rings (SSSR count). The summed E-state index contributed by atoms with van der Waals surface area (Å²) in [5.74, 6) is -0.393. The first-order chi connectivity index (χ1) is 11.5. The van der Waals surface area contributed by atoms with Crippen LogP contribution >= 0.6 is 23.4 Å². The van der Waals surface area contributed by atoms with E-state index in [-0.39, 0.29) is 17.6 Å². The first-order valence-electron chi connectivity index (χ1n) is 7.29. The summed E-state index contributed by atoms with van der Waals surface area (Å²) in [5, 5.41) is 6.51. The van der Waals surface area contributed by atoms with Crippen molar-refractivity contribution in [1.82, 2.24) is 0 Å². The second-order valence-corrected chi connectivity index (χ2v) is 6.57. The van der Waals surface area contributed by atoms with Crippen LogP contribution in [-0.2, 0) is 9.59 Å². The van der Waals surface area contributed by atoms with Crippen molar-refractivity contribution in [2.45, 2.75) is 17.9 Å². The van der Waals surface area contributed by atoms with E-state index in [1.54, 1.807) is 31.2 Å². The molecule has 0 heterocycles. The molecule has 0 radical (unpaired) electrons. The number of halogens is 1. The number of para-hydroxylation sites is 1. The lowest BCUT2D eigenvalue weighted by Gasteiger charge is -2.17. The van der Waals surface area contributed by atoms with Crippen LogP contribution in [0.4, 0.5) is 11.4 Å². The third-order valence-electron chi connectivity index (χ3n) is 3.11. The van der Waals surface area contributed by atoms with E-state index in [1.165, 1.54) is 11.8 Å². The molecule has 2 amide bonds. The van der Waals surface area contributed by atoms with Crippen LogP contribution in [0.15, 0.2) is 53.4 Å². The number of carbonyl (C=O) groups excluding carboxylic acids is 2. The molecule has 2 aromatic carbocycles. The van der Waals surface area contributed by atoms with Crippen molar-refractivity contribution in [2.24, 2.45) is 5.73 Å². The van der Waals surface area contributed by atoms with Crippen LogP contribution < -0.4 is 16.4 Å². The van der Waals surface area contributed by atoms with Gasteiger partial charge in [0.25, 0.3) is 0 Å². The minimum Gasteiger partial charge on any atom is -0.373 e. The van der Waals surface area contributed by atoms with Crippen LogP contribution in [-0.4, -0.2) is 23.6 Å². The predicted octanol–water partition coefficient (Wildman–Crippen LogP) is 3.36. The van der Waals surface area contributed by atoms with Crippen molar-refractivity contribution < 1.29 is 9.59 Å². The molecule has 7 heteroatoms. The molecule has 2 aromatic rings. The van der Waals surface area contributed by atoms with Crippen LogP contribution in [0.1, 0.15) is 6.92 Å². The van der Waals surface area contributed by atoms with E-state index >= 15 is 0 Å². The summed E-state index contributed by atoms with van der Waals surface area (Å²) in [6.07, 6.45) is 0. The maximum absolute atomic E-state index is 12.3. The lowest BCUT2D eigenvalue weighted by molar-refractivity contribution is -0.117. The number of primary amides is 1. The smallest absolute Gasteiger partial charge is 0.246 e. The van der Waals surface area contributed by atoms with Gasteiger partial charge in [0, 0.05) is 21.3 Å². The summed E-state index contributed by atoms with van der Waals surface area (Å²) < 4.78 is 0. The number of thioether (sulfide) groups is 1. The van der Waals surface area contributed by atoms with E-state index in [0.717, 1.165) is 10.6 Å². The number of hydrogen-bond acceptors (Lipinski definition) is 4. The standard InChI is InChI=1S/C17H18ClN3O2S/c1-11(17(23)21-13-6-4-5-12(18)9-13)20-14-7-2-3-8-15(14)24-10-16(19)22/h2-9,11,20H,10H2,1H3,(H2,19,22)(H,21,23)/t11-/m0/s1. The number of hydrogen-bond donors (Lipinski definition) is 3. The summed E-state index contributed by atoms with van der Waals surface area (Å²) >= 11 is 7.24. The van der Waals surface area contributed by atoms with Crippen LogP contribution in [0.3, 0.4) is 0 Å². The quantitative estimate of drug-likeness (QED) is 0.658. The molecule has 0 bridgehead atoms. The average molecular weight is 364 g/mol. The van der Waals surface area contributed by atoms with Crippen molar-refractivity contribution in [3.8, 4) is 0 Å². The zero-order valence-electron chi connectivity index (χ0n) is 13.1. The van der Waals surface area contributed by atoms with Gasteiger partial charge >= 0.3 is 0 Å². The Morgan fingerprint density at radius 1 is 1.21 bits per heavy atom. The second kappa shape index (κ2) is 8.61. The number of amides is 2. The van der Waals surface area contributed by atoms with Crippen molar-refractivity contribution in [3.05, 3.63) is 53.6 Å². The molecule has 0 spiro atoms. The van der Waals surface area contributed by atoms with Gasteiger partial charge in [-0.1, -0.05) is 29.8 Å². The Hall–Kier alpha value is -2.18. The Morgan fingerprint density at radius 3 is 2.67 bits per heavy atom. The van der Waals surface area contributed by atoms with Crippen LogP contribution in [0.2, 0.25) is 5.02 Å². The maximum atomic E-state index is 12.3. The molecule has 1 atom stereocenters. The van der Waals surface area contributed by atoms with Crippen LogP contribution in [0.25, 0.3) is 0 Å². The van der Waals surface area contributed by atoms with Crippen LogP contribution in [0, 0.1) is 0 Å². The predicted molar refractivity (Wildman–Crippen MR) is 99.5 cm³/mol. The minimum absolute atomic E-state index is 0.182. The number of nitrogens with one attached hydrogen (secondary N) is 2. The number of benzene rings is 2. The highest BCUT2D eigenvalue weighted by Gasteiger charge is 2.15. The van der Waals surface area contributed by atoms with E-state index in [9.17, 15) is 9.59 Å². The topological polar surface area (TPSA) is 84.2 Å². The molecular weight excluding hydrogens is 346 g/mol. The van der Waals surface area contributed by atoms with Gasteiger partial charge in [-0.25, -0.2) is 0 Å². The van der Waals surface area contributed by atoms with E-state index in [0.29, 0.717) is 10.7 Å². The molecule has 0 fully saturated rings. The molecule has 0 saturated carbocycles. The maximum Gasteiger partial charge on any atom is 0.246 e. The number of anilines is 2. The van der Waals surface area contributed by atoms with Crippen LogP contribution in [0.5, 0.6) is 0 Å². The highest BCUT2D eigenvalue weighted by atomic mass is 35.5. The number of rotatable bonds is 7. The van der Waals surface area contributed by atoms with E-state index in [1.807, 2.05) is 24.3 Å². The van der Waals surface area contributed by atoms with Gasteiger partial charge in [0.1, 0.15) is 6.04 Å². The molecule has 0 aliphatic carbocycles. The van der Waals surface area contributed by atoms with Crippen molar-refractivity contribution in [2.75, 3.05) is 16.4 Å². The van der Waals surface area contributed by atoms with Gasteiger partial charge in [0.2, 0.25) is 11.8 Å². The Balaban J connectivity index is 2.02. The Morgan fingerprint density at radius 2 is 1.96 bits per heavy atom. The number of carbonyl (C=O) groups is 2. The van der Waals surface area contributed by atoms with E-state index in [2.05, 4.69) is 10.6 Å². The highest BCUT2D eigenvalue weighted by molar-refractivity contribution is 8.00. The molecule has 5 nitrogen and oxygen atoms in total. The molecule has 24 heavy (non-hydrogen) atoms. The summed E-state index contributed by atoms with van der Waals surface area (Å²) in [6, 6.07) is 13.9. The average Bonchev–Trinajstić information content (AvgIpc) is 2.54. The monoisotopic (exact) mass is 363 g/mol. The first-order valence-corrected chi connectivity index (χ1v) is 8.65. The van der Waals surface area contributed by atoms with E-state index < -0.39 is 6.04 Å². The third kappa shape index (κ3) is 5.47. The minimum atomic E-state index is -0.473. The van der Waals surface area contributed by atoms with Crippen molar-refractivity contribution in [1.29, 1.82) is 0 Å². The largest absolute Gasteiger partial charge is 0.373 e. The van der Waals surface area contributed by atoms with Gasteiger partial charge in [-0.2, -0.15) is 0 Å². The lowest BCUT2D eigenvalue weighted by Crippen LogP contribution is -2.32. The van der Waals surface area contributed by atoms with Gasteiger partial charge in [0.05, 0.1) is 5.75 Å². The molecule has 4 N–H and O–H groups in total. The fraction of sp³-hybridized carbons (Fsp3) is 0.176. The Labute approximate surface area is 150 Å². The molecule has 126 valence electrons. The van der Waals surface area contributed by atoms with Gasteiger partial charge in [-0.15, -0.1) is 11.8 Å². The summed E-state index contributed by atoms with van der Waals surface area (Å²) in [7, 11) is 0. The molecule has 0 aliphatic rings. The summed E-state index contributed by atoms with van der Waals surface area (Å²) in [6.45, 7) is 1.76. The molecular formula is C17H18ClN3O2S. The normalized spacial score (nSPS) is 11.6. The zero-order chi connectivity index (χ0) is 17.5. The third-order valence-corrected chi connectivity index (χ3v) is 4.45. The molecule has 0 aliphatic heterocycles. The molecule has 0 saturated heterocycles. The summed E-state index contributed by atoms with van der Waals surface area (Å²) in [4.78, 5) is 24.1. The Kier molecular flexibility index (Phi) is 6.52. The summed E-state index contributed by atoms with van der Waals surface area (Å²) in [5.41, 5.74) is 6.59. The van der Waals surface area contributed by atoms with Gasteiger partial charge < -0.3 is 16.4 Å². The first kappa shape index (κ1) is 18.2. The number of nitrogens with two attached hydrogens (primary N) is 1. The lowest BCUT2D eigenvalue weighted by atomic mass is 10.2. The molecule has 0 unspecified atom stereocenters.